The van der Waals surface area contributed by atoms with Gasteiger partial charge in [-0.25, -0.2) is 0 Å². The van der Waals surface area contributed by atoms with Crippen LogP contribution < -0.4 is 20.1 Å². The van der Waals surface area contributed by atoms with Crippen LogP contribution in [0.5, 0.6) is 11.6 Å². The van der Waals surface area contributed by atoms with Crippen LogP contribution in [-0.2, 0) is 4.79 Å². The number of benzene rings is 1. The average Bonchev–Trinajstić information content (AvgIpc) is 3.02. The molecule has 1 aliphatic heterocycles. The lowest BCUT2D eigenvalue weighted by molar-refractivity contribution is -0.122. The SMILES string of the molecule is COc1ccccc1-c1cc(OC[C@H]2CNCC(=O)N2)n[nH]1. The number of amides is 1. The van der Waals surface area contributed by atoms with Gasteiger partial charge in [-0.3, -0.25) is 9.89 Å². The van der Waals surface area contributed by atoms with Crippen LogP contribution in [0.25, 0.3) is 11.3 Å². The number of hydrogen-bond acceptors (Lipinski definition) is 5. The van der Waals surface area contributed by atoms with Crippen LogP contribution in [0.15, 0.2) is 30.3 Å². The molecule has 1 aliphatic rings. The van der Waals surface area contributed by atoms with E-state index in [1.165, 1.54) is 0 Å². The molecular formula is C15H18N4O3. The molecule has 2 heterocycles. The van der Waals surface area contributed by atoms with Crippen molar-refractivity contribution in [3.8, 4) is 22.9 Å². The summed E-state index contributed by atoms with van der Waals surface area (Å²) in [6.07, 6.45) is 0. The van der Waals surface area contributed by atoms with Gasteiger partial charge in [0.25, 0.3) is 0 Å². The van der Waals surface area contributed by atoms with Gasteiger partial charge in [-0.2, -0.15) is 0 Å². The molecule has 1 aromatic carbocycles. The highest BCUT2D eigenvalue weighted by molar-refractivity contribution is 5.79. The van der Waals surface area contributed by atoms with E-state index >= 15 is 0 Å². The number of carbonyl (C=O) groups is 1. The molecule has 0 unspecified atom stereocenters. The van der Waals surface area contributed by atoms with Crippen molar-refractivity contribution in [3.05, 3.63) is 30.3 Å². The fourth-order valence-corrected chi connectivity index (χ4v) is 2.36. The highest BCUT2D eigenvalue weighted by atomic mass is 16.5. The van der Waals surface area contributed by atoms with Gasteiger partial charge in [-0.05, 0) is 12.1 Å². The molecule has 0 radical (unpaired) electrons. The molecule has 7 nitrogen and oxygen atoms in total. The zero-order valence-electron chi connectivity index (χ0n) is 12.3. The molecule has 1 fully saturated rings. The van der Waals surface area contributed by atoms with Crippen LogP contribution in [0.2, 0.25) is 0 Å². The number of hydrogen-bond donors (Lipinski definition) is 3. The Balaban J connectivity index is 1.65. The predicted octanol–water partition coefficient (Wildman–Crippen LogP) is 0.552. The van der Waals surface area contributed by atoms with Crippen LogP contribution in [-0.4, -0.2) is 49.0 Å². The van der Waals surface area contributed by atoms with Crippen LogP contribution in [0, 0.1) is 0 Å². The molecule has 1 aromatic heterocycles. The lowest BCUT2D eigenvalue weighted by Gasteiger charge is -2.23. The van der Waals surface area contributed by atoms with Gasteiger partial charge in [0, 0.05) is 18.2 Å². The first-order valence-electron chi connectivity index (χ1n) is 7.08. The molecular weight excluding hydrogens is 284 g/mol. The Hall–Kier alpha value is -2.54. The lowest BCUT2D eigenvalue weighted by atomic mass is 10.1. The highest BCUT2D eigenvalue weighted by Gasteiger charge is 2.18. The Morgan fingerprint density at radius 1 is 1.36 bits per heavy atom. The van der Waals surface area contributed by atoms with Gasteiger partial charge in [-0.1, -0.05) is 12.1 Å². The molecule has 0 aliphatic carbocycles. The van der Waals surface area contributed by atoms with E-state index in [1.54, 1.807) is 7.11 Å². The molecule has 1 saturated heterocycles. The number of nitrogens with one attached hydrogen (secondary N) is 3. The number of methoxy groups -OCH3 is 1. The number of aromatic amines is 1. The molecule has 1 amide bonds. The average molecular weight is 302 g/mol. The Morgan fingerprint density at radius 2 is 2.23 bits per heavy atom. The third-order valence-corrected chi connectivity index (χ3v) is 3.43. The first-order chi connectivity index (χ1) is 10.8. The molecule has 0 bridgehead atoms. The monoisotopic (exact) mass is 302 g/mol. The topological polar surface area (TPSA) is 88.3 Å². The van der Waals surface area contributed by atoms with Crippen LogP contribution in [0.3, 0.4) is 0 Å². The van der Waals surface area contributed by atoms with Gasteiger partial charge in [0.1, 0.15) is 12.4 Å². The van der Waals surface area contributed by atoms with Crippen molar-refractivity contribution in [2.75, 3.05) is 26.8 Å². The molecule has 0 spiro atoms. The fraction of sp³-hybridized carbons (Fsp3) is 0.333. The number of carbonyl (C=O) groups excluding carboxylic acids is 1. The van der Waals surface area contributed by atoms with Gasteiger partial charge < -0.3 is 20.1 Å². The van der Waals surface area contributed by atoms with Gasteiger partial charge in [-0.15, -0.1) is 5.10 Å². The van der Waals surface area contributed by atoms with E-state index in [1.807, 2.05) is 30.3 Å². The zero-order chi connectivity index (χ0) is 15.4. The Kier molecular flexibility index (Phi) is 4.24. The van der Waals surface area contributed by atoms with Gasteiger partial charge in [0.15, 0.2) is 0 Å². The minimum atomic E-state index is -0.0485. The van der Waals surface area contributed by atoms with E-state index in [0.29, 0.717) is 25.6 Å². The zero-order valence-corrected chi connectivity index (χ0v) is 12.3. The Bertz CT molecular complexity index is 656. The number of piperazine rings is 1. The molecule has 3 N–H and O–H groups in total. The van der Waals surface area contributed by atoms with Crippen molar-refractivity contribution in [2.45, 2.75) is 6.04 Å². The summed E-state index contributed by atoms with van der Waals surface area (Å²) in [5.41, 5.74) is 1.73. The first kappa shape index (κ1) is 14.4. The second-order valence-electron chi connectivity index (χ2n) is 5.03. The molecule has 2 aromatic rings. The molecule has 7 heteroatoms. The third kappa shape index (κ3) is 3.20. The Labute approximate surface area is 128 Å². The van der Waals surface area contributed by atoms with Crippen molar-refractivity contribution >= 4 is 5.91 Å². The van der Waals surface area contributed by atoms with Crippen LogP contribution >= 0.6 is 0 Å². The minimum Gasteiger partial charge on any atom is -0.496 e. The lowest BCUT2D eigenvalue weighted by Crippen LogP contribution is -2.54. The van der Waals surface area contributed by atoms with Crippen LogP contribution in [0.1, 0.15) is 0 Å². The van der Waals surface area contributed by atoms with E-state index in [-0.39, 0.29) is 11.9 Å². The minimum absolute atomic E-state index is 0.0170. The van der Waals surface area contributed by atoms with Crippen LogP contribution in [0.4, 0.5) is 0 Å². The smallest absolute Gasteiger partial charge is 0.234 e. The highest BCUT2D eigenvalue weighted by Crippen LogP contribution is 2.29. The van der Waals surface area contributed by atoms with E-state index in [2.05, 4.69) is 20.8 Å². The van der Waals surface area contributed by atoms with Crippen molar-refractivity contribution in [1.29, 1.82) is 0 Å². The predicted molar refractivity (Wildman–Crippen MR) is 80.9 cm³/mol. The number of nitrogens with zero attached hydrogens (tertiary/aromatic N) is 1. The van der Waals surface area contributed by atoms with Gasteiger partial charge in [0.05, 0.1) is 25.4 Å². The van der Waals surface area contributed by atoms with E-state index in [4.69, 9.17) is 9.47 Å². The molecule has 1 atom stereocenters. The summed E-state index contributed by atoms with van der Waals surface area (Å²) in [6, 6.07) is 9.45. The number of H-pyrrole nitrogens is 1. The first-order valence-corrected chi connectivity index (χ1v) is 7.08. The third-order valence-electron chi connectivity index (χ3n) is 3.43. The number of para-hydroxylation sites is 1. The summed E-state index contributed by atoms with van der Waals surface area (Å²) in [4.78, 5) is 11.3. The second-order valence-corrected chi connectivity index (χ2v) is 5.03. The van der Waals surface area contributed by atoms with Gasteiger partial charge >= 0.3 is 0 Å². The van der Waals surface area contributed by atoms with Gasteiger partial charge in [0.2, 0.25) is 11.8 Å². The standard InChI is InChI=1S/C15H18N4O3/c1-21-13-5-3-2-4-11(13)12-6-15(19-18-12)22-9-10-7-16-8-14(20)17-10/h2-6,10,16H,7-9H2,1H3,(H,17,20)(H,18,19)/t10-/m1/s1. The maximum absolute atomic E-state index is 11.3. The molecule has 3 rings (SSSR count). The number of ether oxygens (including phenoxy) is 2. The van der Waals surface area contributed by atoms with Crippen molar-refractivity contribution < 1.29 is 14.3 Å². The maximum Gasteiger partial charge on any atom is 0.234 e. The quantitative estimate of drug-likeness (QED) is 0.751. The molecule has 22 heavy (non-hydrogen) atoms. The largest absolute Gasteiger partial charge is 0.496 e. The van der Waals surface area contributed by atoms with Crippen molar-refractivity contribution in [2.24, 2.45) is 0 Å². The number of aromatic nitrogens is 2. The Morgan fingerprint density at radius 3 is 3.05 bits per heavy atom. The number of rotatable bonds is 5. The summed E-state index contributed by atoms with van der Waals surface area (Å²) >= 11 is 0. The van der Waals surface area contributed by atoms with Crippen molar-refractivity contribution in [1.82, 2.24) is 20.8 Å². The second kappa shape index (κ2) is 6.48. The summed E-state index contributed by atoms with van der Waals surface area (Å²) in [5, 5.41) is 13.0. The van der Waals surface area contributed by atoms with E-state index in [9.17, 15) is 4.79 Å². The van der Waals surface area contributed by atoms with Crippen molar-refractivity contribution in [3.63, 3.8) is 0 Å². The molecule has 116 valence electrons. The summed E-state index contributed by atoms with van der Waals surface area (Å²) < 4.78 is 11.0. The fourth-order valence-electron chi connectivity index (χ4n) is 2.36. The normalized spacial score (nSPS) is 17.9. The maximum atomic E-state index is 11.3. The summed E-state index contributed by atoms with van der Waals surface area (Å²) in [7, 11) is 1.63. The summed E-state index contributed by atoms with van der Waals surface area (Å²) in [6.45, 7) is 1.42. The van der Waals surface area contributed by atoms with E-state index < -0.39 is 0 Å². The summed E-state index contributed by atoms with van der Waals surface area (Å²) in [5.74, 6) is 1.23. The van der Waals surface area contributed by atoms with E-state index in [0.717, 1.165) is 17.0 Å². The molecule has 0 saturated carbocycles.